The molecule has 0 radical (unpaired) electrons. The lowest BCUT2D eigenvalue weighted by Crippen LogP contribution is -2.72. The van der Waals surface area contributed by atoms with Crippen LogP contribution in [0.3, 0.4) is 0 Å². The molecule has 1 aliphatic heterocycles. The normalized spacial score (nSPS) is 22.8. The number of amides is 1. The highest BCUT2D eigenvalue weighted by atomic mass is 28.4. The third-order valence-corrected chi connectivity index (χ3v) is 30.0. The van der Waals surface area contributed by atoms with Crippen LogP contribution in [0.15, 0.2) is 30.3 Å². The van der Waals surface area contributed by atoms with E-state index in [0.717, 1.165) is 5.56 Å². The number of rotatable bonds is 12. The molecule has 1 saturated heterocycles. The summed E-state index contributed by atoms with van der Waals surface area (Å²) in [5.74, 6) is -0.210. The van der Waals surface area contributed by atoms with E-state index in [1.165, 1.54) is 0 Å². The molecule has 1 aliphatic rings. The Kier molecular flexibility index (Phi) is 13.4. The van der Waals surface area contributed by atoms with Gasteiger partial charge in [-0.05, 0) is 78.1 Å². The van der Waals surface area contributed by atoms with Crippen molar-refractivity contribution in [3.05, 3.63) is 35.9 Å². The van der Waals surface area contributed by atoms with Crippen molar-refractivity contribution in [1.82, 2.24) is 5.06 Å². The number of carbonyl (C=O) groups excluding carboxylic acids is 1. The number of carbonyl (C=O) groups is 1. The Balaban J connectivity index is 2.90. The van der Waals surface area contributed by atoms with Crippen LogP contribution >= 0.6 is 0 Å². The molecule has 0 aromatic heterocycles. The van der Waals surface area contributed by atoms with Gasteiger partial charge in [0, 0.05) is 0 Å². The Labute approximate surface area is 299 Å². The summed E-state index contributed by atoms with van der Waals surface area (Å²) >= 11 is 0. The van der Waals surface area contributed by atoms with E-state index in [0.29, 0.717) is 6.61 Å². The van der Waals surface area contributed by atoms with Crippen molar-refractivity contribution in [2.24, 2.45) is 0 Å². The van der Waals surface area contributed by atoms with Crippen molar-refractivity contribution >= 4 is 39.2 Å². The second kappa shape index (κ2) is 14.8. The average Bonchev–Trinajstić information content (AvgIpc) is 2.88. The largest absolute Gasteiger partial charge is 0.415 e. The standard InChI is InChI=1S/C37H73NO6Si4/c1-34(2,3)45(13,14)41-27-29-30(42-46(15,16)35(4,5)6)31(43-47(17,18)36(7,8)9)32(44-48(19,20)37(10,11)12)33(39)38(29)40-26-28-24-22-21-23-25-28/h21-25,29-32H,26-27H2,1-20H3/t29-,30-,31-,32+/m0/s1. The topological polar surface area (TPSA) is 66.5 Å². The van der Waals surface area contributed by atoms with Gasteiger partial charge in [-0.1, -0.05) is 113 Å². The van der Waals surface area contributed by atoms with Gasteiger partial charge in [-0.15, -0.1) is 0 Å². The van der Waals surface area contributed by atoms with Gasteiger partial charge in [-0.2, -0.15) is 0 Å². The quantitative estimate of drug-likeness (QED) is 0.199. The highest BCUT2D eigenvalue weighted by Crippen LogP contribution is 2.46. The van der Waals surface area contributed by atoms with Crippen molar-refractivity contribution < 1.29 is 27.3 Å². The molecule has 2 rings (SSSR count). The zero-order chi connectivity index (χ0) is 37.5. The molecule has 1 fully saturated rings. The van der Waals surface area contributed by atoms with E-state index in [4.69, 9.17) is 22.5 Å². The predicted molar refractivity (Wildman–Crippen MR) is 211 cm³/mol. The summed E-state index contributed by atoms with van der Waals surface area (Å²) in [6.45, 7) is 45.3. The molecule has 1 heterocycles. The maximum Gasteiger partial charge on any atom is 0.277 e. The molecule has 48 heavy (non-hydrogen) atoms. The minimum atomic E-state index is -2.47. The number of hydroxylamine groups is 2. The second-order valence-electron chi connectivity index (χ2n) is 20.0. The fourth-order valence-electron chi connectivity index (χ4n) is 4.42. The predicted octanol–water partition coefficient (Wildman–Crippen LogP) is 10.5. The van der Waals surface area contributed by atoms with Crippen molar-refractivity contribution in [2.75, 3.05) is 6.61 Å². The van der Waals surface area contributed by atoms with E-state index in [1.54, 1.807) is 5.06 Å². The number of hydrogen-bond donors (Lipinski definition) is 0. The van der Waals surface area contributed by atoms with Crippen molar-refractivity contribution in [3.63, 3.8) is 0 Å². The zero-order valence-electron chi connectivity index (χ0n) is 34.5. The minimum absolute atomic E-state index is 0.0117. The van der Waals surface area contributed by atoms with Gasteiger partial charge in [0.15, 0.2) is 39.4 Å². The highest BCUT2D eigenvalue weighted by Gasteiger charge is 2.59. The molecule has 11 heteroatoms. The van der Waals surface area contributed by atoms with Crippen LogP contribution in [0.5, 0.6) is 0 Å². The van der Waals surface area contributed by atoms with Gasteiger partial charge in [0.1, 0.15) is 18.8 Å². The monoisotopic (exact) mass is 739 g/mol. The molecule has 0 spiro atoms. The van der Waals surface area contributed by atoms with Gasteiger partial charge in [0.2, 0.25) is 0 Å². The summed E-state index contributed by atoms with van der Waals surface area (Å²) in [4.78, 5) is 21.7. The minimum Gasteiger partial charge on any atom is -0.415 e. The van der Waals surface area contributed by atoms with Gasteiger partial charge in [-0.25, -0.2) is 5.06 Å². The molecule has 4 atom stereocenters. The SMILES string of the molecule is CC(C)(C)[Si](C)(C)OC[C@H]1[C@H](O[Si](C)(C)C(C)(C)C)[C@H](O[Si](C)(C)C(C)(C)C)[C@@H](O[Si](C)(C)C(C)(C)C)C(=O)N1OCc1ccccc1. The first-order valence-corrected chi connectivity index (χ1v) is 29.6. The zero-order valence-corrected chi connectivity index (χ0v) is 38.5. The van der Waals surface area contributed by atoms with Crippen molar-refractivity contribution in [2.45, 2.75) is 187 Å². The van der Waals surface area contributed by atoms with E-state index < -0.39 is 57.6 Å². The summed E-state index contributed by atoms with van der Waals surface area (Å²) in [7, 11) is -9.55. The Morgan fingerprint density at radius 2 is 0.979 bits per heavy atom. The smallest absolute Gasteiger partial charge is 0.277 e. The third-order valence-electron chi connectivity index (χ3n) is 12.1. The first-order valence-electron chi connectivity index (χ1n) is 17.9. The van der Waals surface area contributed by atoms with Crippen molar-refractivity contribution in [1.29, 1.82) is 0 Å². The molecule has 1 aromatic carbocycles. The molecule has 7 nitrogen and oxygen atoms in total. The molecular weight excluding hydrogens is 667 g/mol. The lowest BCUT2D eigenvalue weighted by Gasteiger charge is -2.55. The molecule has 0 bridgehead atoms. The number of piperidine rings is 1. The molecule has 0 N–H and O–H groups in total. The Morgan fingerprint density at radius 1 is 0.583 bits per heavy atom. The summed E-state index contributed by atoms with van der Waals surface area (Å²) in [6, 6.07) is 9.48. The van der Waals surface area contributed by atoms with Crippen molar-refractivity contribution in [3.8, 4) is 0 Å². The number of nitrogens with zero attached hydrogens (tertiary/aromatic N) is 1. The molecule has 1 aromatic rings. The molecule has 278 valence electrons. The maximum atomic E-state index is 15.1. The lowest BCUT2D eigenvalue weighted by atomic mass is 9.95. The first-order chi connectivity index (χ1) is 21.3. The van der Waals surface area contributed by atoms with E-state index in [1.807, 2.05) is 30.3 Å². The van der Waals surface area contributed by atoms with Gasteiger partial charge in [0.05, 0.1) is 12.7 Å². The van der Waals surface area contributed by atoms with Gasteiger partial charge < -0.3 is 17.7 Å². The van der Waals surface area contributed by atoms with Crippen LogP contribution in [0.2, 0.25) is 72.5 Å². The molecule has 0 unspecified atom stereocenters. The Morgan fingerprint density at radius 3 is 1.40 bits per heavy atom. The van der Waals surface area contributed by atoms with Crippen LogP contribution in [0, 0.1) is 0 Å². The van der Waals surface area contributed by atoms with Crippen LogP contribution in [-0.4, -0.2) is 75.2 Å². The summed E-state index contributed by atoms with van der Waals surface area (Å²) < 4.78 is 29.0. The molecular formula is C37H73NO6Si4. The van der Waals surface area contributed by atoms with Crippen LogP contribution < -0.4 is 0 Å². The fourth-order valence-corrected chi connectivity index (χ4v) is 9.29. The van der Waals surface area contributed by atoms with Crippen LogP contribution in [0.25, 0.3) is 0 Å². The fraction of sp³-hybridized carbons (Fsp3) is 0.811. The first kappa shape index (κ1) is 43.5. The summed E-state index contributed by atoms with van der Waals surface area (Å²) in [5.41, 5.74) is 0.984. The van der Waals surface area contributed by atoms with E-state index in [-0.39, 0.29) is 32.7 Å². The number of benzene rings is 1. The third kappa shape index (κ3) is 10.2. The molecule has 0 aliphatic carbocycles. The van der Waals surface area contributed by atoms with Gasteiger partial charge >= 0.3 is 0 Å². The number of hydrogen-bond acceptors (Lipinski definition) is 6. The molecule has 1 amide bonds. The van der Waals surface area contributed by atoms with E-state index in [9.17, 15) is 0 Å². The van der Waals surface area contributed by atoms with Gasteiger partial charge in [-0.3, -0.25) is 9.63 Å². The summed E-state index contributed by atoms with van der Waals surface area (Å²) in [5, 5.41) is 1.27. The van der Waals surface area contributed by atoms with Crippen LogP contribution in [0.4, 0.5) is 0 Å². The highest BCUT2D eigenvalue weighted by molar-refractivity contribution is 6.75. The Bertz CT molecular complexity index is 1210. The maximum absolute atomic E-state index is 15.1. The second-order valence-corrected chi connectivity index (χ2v) is 39.1. The summed E-state index contributed by atoms with van der Waals surface area (Å²) in [6.07, 6.45) is -2.02. The van der Waals surface area contributed by atoms with E-state index in [2.05, 4.69) is 135 Å². The van der Waals surface area contributed by atoms with Gasteiger partial charge in [0.25, 0.3) is 5.91 Å². The van der Waals surface area contributed by atoms with Crippen LogP contribution in [-0.2, 0) is 33.9 Å². The van der Waals surface area contributed by atoms with Crippen LogP contribution in [0.1, 0.15) is 88.6 Å². The van der Waals surface area contributed by atoms with E-state index >= 15 is 4.79 Å². The average molecular weight is 740 g/mol. The Hall–Kier alpha value is -0.642. The molecule has 0 saturated carbocycles. The lowest BCUT2D eigenvalue weighted by molar-refractivity contribution is -0.253.